The van der Waals surface area contributed by atoms with Crippen LogP contribution in [-0.4, -0.2) is 25.5 Å². The maximum Gasteiger partial charge on any atom is 0.258 e. The number of hydrogen-bond donors (Lipinski definition) is 1. The molecule has 0 aromatic heterocycles. The van der Waals surface area contributed by atoms with Gasteiger partial charge in [0.2, 0.25) is 5.91 Å². The first kappa shape index (κ1) is 14.0. The van der Waals surface area contributed by atoms with Crippen LogP contribution in [0.2, 0.25) is 5.02 Å². The van der Waals surface area contributed by atoms with Crippen LogP contribution < -0.4 is 5.32 Å². The van der Waals surface area contributed by atoms with E-state index >= 15 is 0 Å². The molecule has 0 saturated heterocycles. The summed E-state index contributed by atoms with van der Waals surface area (Å²) in [5.74, 6) is -1.43. The first-order valence-electron chi connectivity index (χ1n) is 5.62. The van der Waals surface area contributed by atoms with E-state index in [9.17, 15) is 18.0 Å². The van der Waals surface area contributed by atoms with Crippen LogP contribution in [0.25, 0.3) is 0 Å². The van der Waals surface area contributed by atoms with Gasteiger partial charge in [0, 0.05) is 10.6 Å². The maximum absolute atomic E-state index is 12.3. The van der Waals surface area contributed by atoms with Gasteiger partial charge in [0.1, 0.15) is 0 Å². The lowest BCUT2D eigenvalue weighted by Gasteiger charge is -2.25. The van der Waals surface area contributed by atoms with E-state index in [2.05, 4.69) is 5.32 Å². The van der Waals surface area contributed by atoms with Gasteiger partial charge in [-0.25, -0.2) is 8.42 Å². The van der Waals surface area contributed by atoms with Crippen molar-refractivity contribution in [1.82, 2.24) is 5.32 Å². The van der Waals surface area contributed by atoms with E-state index in [1.165, 1.54) is 32.0 Å². The largest absolute Gasteiger partial charge is 0.291 e. The zero-order valence-electron chi connectivity index (χ0n) is 10.3. The molecule has 1 aromatic rings. The minimum absolute atomic E-state index is 0.148. The number of imide groups is 1. The Bertz CT molecular complexity index is 666. The summed E-state index contributed by atoms with van der Waals surface area (Å²) in [6.07, 6.45) is 0. The van der Waals surface area contributed by atoms with Crippen LogP contribution in [-0.2, 0) is 14.6 Å². The molecule has 0 radical (unpaired) electrons. The fourth-order valence-electron chi connectivity index (χ4n) is 1.94. The number of halogens is 1. The van der Waals surface area contributed by atoms with Crippen molar-refractivity contribution >= 4 is 33.3 Å². The second kappa shape index (κ2) is 4.61. The lowest BCUT2D eigenvalue weighted by molar-refractivity contribution is -0.120. The molecule has 0 bridgehead atoms. The summed E-state index contributed by atoms with van der Waals surface area (Å²) in [6, 6.07) is 4.26. The zero-order valence-corrected chi connectivity index (χ0v) is 11.9. The van der Waals surface area contributed by atoms with Crippen molar-refractivity contribution in [2.75, 3.05) is 0 Å². The molecule has 0 saturated carbocycles. The van der Waals surface area contributed by atoms with Crippen molar-refractivity contribution < 1.29 is 18.0 Å². The van der Waals surface area contributed by atoms with E-state index < -0.39 is 32.2 Å². The third-order valence-electron chi connectivity index (χ3n) is 3.00. The van der Waals surface area contributed by atoms with Crippen LogP contribution in [0.4, 0.5) is 0 Å². The van der Waals surface area contributed by atoms with E-state index in [4.69, 9.17) is 11.6 Å². The van der Waals surface area contributed by atoms with Gasteiger partial charge < -0.3 is 0 Å². The number of carbonyl (C=O) groups excluding carboxylic acids is 2. The van der Waals surface area contributed by atoms with Gasteiger partial charge in [0.05, 0.1) is 5.25 Å². The van der Waals surface area contributed by atoms with E-state index in [-0.39, 0.29) is 16.1 Å². The van der Waals surface area contributed by atoms with Crippen molar-refractivity contribution in [1.29, 1.82) is 0 Å². The van der Waals surface area contributed by atoms with Crippen LogP contribution in [0.15, 0.2) is 18.2 Å². The summed E-state index contributed by atoms with van der Waals surface area (Å²) in [4.78, 5) is 23.6. The highest BCUT2D eigenvalue weighted by molar-refractivity contribution is 7.93. The molecular formula is C12H12ClNO4S. The molecule has 19 heavy (non-hydrogen) atoms. The Morgan fingerprint density at radius 1 is 1.26 bits per heavy atom. The van der Waals surface area contributed by atoms with Crippen molar-refractivity contribution in [3.05, 3.63) is 34.3 Å². The molecule has 5 nitrogen and oxygen atoms in total. The predicted octanol–water partition coefficient (Wildman–Crippen LogP) is 1.47. The highest BCUT2D eigenvalue weighted by Crippen LogP contribution is 2.33. The van der Waals surface area contributed by atoms with Gasteiger partial charge in [-0.2, -0.15) is 0 Å². The third kappa shape index (κ3) is 2.26. The van der Waals surface area contributed by atoms with Crippen molar-refractivity contribution in [3.8, 4) is 0 Å². The Morgan fingerprint density at radius 2 is 1.89 bits per heavy atom. The van der Waals surface area contributed by atoms with Crippen molar-refractivity contribution in [3.63, 3.8) is 0 Å². The Balaban J connectivity index is 2.70. The number of benzene rings is 1. The summed E-state index contributed by atoms with van der Waals surface area (Å²) in [7, 11) is -3.73. The molecule has 7 heteroatoms. The minimum Gasteiger partial charge on any atom is -0.291 e. The van der Waals surface area contributed by atoms with Crippen molar-refractivity contribution in [2.45, 2.75) is 24.3 Å². The molecule has 0 fully saturated rings. The minimum atomic E-state index is -3.73. The summed E-state index contributed by atoms with van der Waals surface area (Å²) in [6.45, 7) is 2.98. The molecule has 1 atom stereocenters. The molecule has 0 spiro atoms. The molecule has 2 amide bonds. The molecule has 1 aromatic carbocycles. The van der Waals surface area contributed by atoms with E-state index in [0.717, 1.165) is 0 Å². The fraction of sp³-hybridized carbons (Fsp3) is 0.333. The number of hydrogen-bond acceptors (Lipinski definition) is 4. The average Bonchev–Trinajstić information content (AvgIpc) is 2.27. The zero-order chi connectivity index (χ0) is 14.4. The highest BCUT2D eigenvalue weighted by atomic mass is 35.5. The third-order valence-corrected chi connectivity index (χ3v) is 5.68. The summed E-state index contributed by atoms with van der Waals surface area (Å²) >= 11 is 5.83. The van der Waals surface area contributed by atoms with E-state index in [1.54, 1.807) is 0 Å². The standard InChI is InChI=1S/C12H12ClNO4S/c1-6(2)19(17,18)10-9-5-7(13)3-4-8(9)11(15)14-12(10)16/h3-6,10H,1-2H3,(H,14,15,16). The van der Waals surface area contributed by atoms with Crippen LogP contribution in [0.1, 0.15) is 35.0 Å². The van der Waals surface area contributed by atoms with Crippen LogP contribution >= 0.6 is 11.6 Å². The quantitative estimate of drug-likeness (QED) is 0.839. The van der Waals surface area contributed by atoms with Gasteiger partial charge in [-0.3, -0.25) is 14.9 Å². The van der Waals surface area contributed by atoms with Gasteiger partial charge >= 0.3 is 0 Å². The molecule has 1 aliphatic heterocycles. The molecule has 1 unspecified atom stereocenters. The Morgan fingerprint density at radius 3 is 2.47 bits per heavy atom. The molecule has 1 N–H and O–H groups in total. The Labute approximate surface area is 115 Å². The molecule has 1 heterocycles. The molecule has 102 valence electrons. The SMILES string of the molecule is CC(C)S(=O)(=O)C1C(=O)NC(=O)c2ccc(Cl)cc21. The highest BCUT2D eigenvalue weighted by Gasteiger charge is 2.42. The Kier molecular flexibility index (Phi) is 3.40. The maximum atomic E-state index is 12.3. The number of rotatable bonds is 2. The topological polar surface area (TPSA) is 80.3 Å². The van der Waals surface area contributed by atoms with Gasteiger partial charge in [-0.15, -0.1) is 0 Å². The van der Waals surface area contributed by atoms with Crippen LogP contribution in [0.3, 0.4) is 0 Å². The Hall–Kier alpha value is -1.40. The van der Waals surface area contributed by atoms with E-state index in [1.807, 2.05) is 0 Å². The second-order valence-corrected chi connectivity index (χ2v) is 7.60. The lowest BCUT2D eigenvalue weighted by atomic mass is 10.00. The summed E-state index contributed by atoms with van der Waals surface area (Å²) < 4.78 is 24.5. The van der Waals surface area contributed by atoms with Crippen molar-refractivity contribution in [2.24, 2.45) is 0 Å². The van der Waals surface area contributed by atoms with Gasteiger partial charge in [0.15, 0.2) is 15.1 Å². The van der Waals surface area contributed by atoms with Gasteiger partial charge in [-0.05, 0) is 37.6 Å². The molecule has 0 aliphatic carbocycles. The fourth-order valence-corrected chi connectivity index (χ4v) is 3.57. The number of sulfone groups is 1. The lowest BCUT2D eigenvalue weighted by Crippen LogP contribution is -2.44. The van der Waals surface area contributed by atoms with Crippen LogP contribution in [0.5, 0.6) is 0 Å². The van der Waals surface area contributed by atoms with Gasteiger partial charge in [-0.1, -0.05) is 11.6 Å². The normalized spacial score (nSPS) is 19.3. The summed E-state index contributed by atoms with van der Waals surface area (Å²) in [5.41, 5.74) is 0.313. The number of fused-ring (bicyclic) bond motifs is 1. The van der Waals surface area contributed by atoms with Gasteiger partial charge in [0.25, 0.3) is 5.91 Å². The van der Waals surface area contributed by atoms with Crippen LogP contribution in [0, 0.1) is 0 Å². The molecule has 1 aliphatic rings. The average molecular weight is 302 g/mol. The molecule has 2 rings (SSSR count). The second-order valence-electron chi connectivity index (χ2n) is 4.57. The number of nitrogens with one attached hydrogen (secondary N) is 1. The smallest absolute Gasteiger partial charge is 0.258 e. The number of amides is 2. The summed E-state index contributed by atoms with van der Waals surface area (Å²) in [5, 5.41) is 0.226. The first-order chi connectivity index (χ1) is 8.75. The first-order valence-corrected chi connectivity index (χ1v) is 7.61. The number of carbonyl (C=O) groups is 2. The van der Waals surface area contributed by atoms with E-state index in [0.29, 0.717) is 0 Å². The molecular weight excluding hydrogens is 290 g/mol. The monoisotopic (exact) mass is 301 g/mol. The predicted molar refractivity (Wildman–Crippen MR) is 70.7 cm³/mol.